The molecule has 0 N–H and O–H groups in total. The molecule has 2 heterocycles. The number of ether oxygens (including phenoxy) is 1. The predicted octanol–water partition coefficient (Wildman–Crippen LogP) is 6.34. The summed E-state index contributed by atoms with van der Waals surface area (Å²) in [6, 6.07) is 9.37. The van der Waals surface area contributed by atoms with Crippen LogP contribution < -0.4 is 4.74 Å². The van der Waals surface area contributed by atoms with Crippen LogP contribution in [0, 0.1) is 0 Å². The van der Waals surface area contributed by atoms with E-state index < -0.39 is 24.2 Å². The second-order valence-corrected chi connectivity index (χ2v) is 7.81. The minimum absolute atomic E-state index is 0.143. The number of nitrogens with zero attached hydrogens (tertiary/aromatic N) is 2. The van der Waals surface area contributed by atoms with E-state index in [9.17, 15) is 22.4 Å². The lowest BCUT2D eigenvalue weighted by molar-refractivity contribution is 0.105. The molecule has 0 aliphatic carbocycles. The van der Waals surface area contributed by atoms with Crippen molar-refractivity contribution in [1.82, 2.24) is 9.78 Å². The summed E-state index contributed by atoms with van der Waals surface area (Å²) in [5, 5.41) is 3.62. The number of aryl methyl sites for hydroxylation is 1. The van der Waals surface area contributed by atoms with E-state index in [-0.39, 0.29) is 12.3 Å². The van der Waals surface area contributed by atoms with Gasteiger partial charge in [-0.15, -0.1) is 11.3 Å². The Labute approximate surface area is 180 Å². The summed E-state index contributed by atoms with van der Waals surface area (Å²) in [6.07, 6.45) is -2.01. The second kappa shape index (κ2) is 9.91. The zero-order valence-corrected chi connectivity index (χ0v) is 17.6. The summed E-state index contributed by atoms with van der Waals surface area (Å²) in [7, 11) is 1.42. The predicted molar refractivity (Wildman–Crippen MR) is 111 cm³/mol. The van der Waals surface area contributed by atoms with Crippen molar-refractivity contribution in [3.05, 3.63) is 74.7 Å². The fourth-order valence-electron chi connectivity index (χ4n) is 3.00. The lowest BCUT2D eigenvalue weighted by Gasteiger charge is -2.12. The highest BCUT2D eigenvalue weighted by molar-refractivity contribution is 7.14. The number of rotatable bonds is 9. The third kappa shape index (κ3) is 5.41. The zero-order chi connectivity index (χ0) is 22.5. The Kier molecular flexibility index (Phi) is 7.27. The van der Waals surface area contributed by atoms with Crippen LogP contribution in [0.4, 0.5) is 17.6 Å². The minimum atomic E-state index is -2.95. The van der Waals surface area contributed by atoms with Gasteiger partial charge in [0.05, 0.1) is 18.5 Å². The molecule has 0 radical (unpaired) electrons. The van der Waals surface area contributed by atoms with Crippen molar-refractivity contribution >= 4 is 23.2 Å². The number of hydrogen-bond donors (Lipinski definition) is 0. The number of aromatic nitrogens is 2. The van der Waals surface area contributed by atoms with Crippen LogP contribution in [0.5, 0.6) is 5.75 Å². The highest BCUT2D eigenvalue weighted by atomic mass is 32.1. The molecule has 31 heavy (non-hydrogen) atoms. The van der Waals surface area contributed by atoms with Gasteiger partial charge < -0.3 is 4.74 Å². The van der Waals surface area contributed by atoms with Crippen molar-refractivity contribution < 1.29 is 27.1 Å². The summed E-state index contributed by atoms with van der Waals surface area (Å²) in [5.74, 6) is 0.249. The largest absolute Gasteiger partial charge is 0.496 e. The van der Waals surface area contributed by atoms with Crippen LogP contribution in [-0.4, -0.2) is 22.7 Å². The van der Waals surface area contributed by atoms with Gasteiger partial charge in [-0.2, -0.15) is 5.10 Å². The van der Waals surface area contributed by atoms with Crippen LogP contribution >= 0.6 is 11.3 Å². The van der Waals surface area contributed by atoms with Crippen molar-refractivity contribution in [2.45, 2.75) is 32.7 Å². The first-order chi connectivity index (χ1) is 14.8. The van der Waals surface area contributed by atoms with Gasteiger partial charge in [0.25, 0.3) is 12.9 Å². The van der Waals surface area contributed by atoms with Crippen molar-refractivity contribution in [2.75, 3.05) is 7.11 Å². The average Bonchev–Trinajstić information content (AvgIpc) is 3.39. The molecule has 0 aliphatic rings. The van der Waals surface area contributed by atoms with E-state index in [0.29, 0.717) is 27.8 Å². The van der Waals surface area contributed by atoms with Crippen LogP contribution in [0.1, 0.15) is 56.8 Å². The van der Waals surface area contributed by atoms with Crippen molar-refractivity contribution in [3.63, 3.8) is 0 Å². The fourth-order valence-corrected chi connectivity index (χ4v) is 3.87. The molecule has 3 aromatic rings. The summed E-state index contributed by atoms with van der Waals surface area (Å²) in [5.41, 5.74) is -0.209. The van der Waals surface area contributed by atoms with Gasteiger partial charge in [0.1, 0.15) is 17.1 Å². The molecule has 0 unspecified atom stereocenters. The molecular weight excluding hydrogens is 432 g/mol. The quantitative estimate of drug-likeness (QED) is 0.216. The Balaban J connectivity index is 1.87. The van der Waals surface area contributed by atoms with Crippen LogP contribution in [0.2, 0.25) is 0 Å². The highest BCUT2D eigenvalue weighted by Gasteiger charge is 2.22. The zero-order valence-electron chi connectivity index (χ0n) is 16.8. The molecule has 0 bridgehead atoms. The summed E-state index contributed by atoms with van der Waals surface area (Å²) < 4.78 is 58.5. The molecule has 0 saturated carbocycles. The molecule has 2 aromatic heterocycles. The maximum absolute atomic E-state index is 13.3. The van der Waals surface area contributed by atoms with Gasteiger partial charge in [-0.05, 0) is 48.4 Å². The normalized spacial score (nSPS) is 11.7. The molecule has 0 saturated heterocycles. The van der Waals surface area contributed by atoms with E-state index >= 15 is 0 Å². The fraction of sp³-hybridized carbons (Fsp3) is 0.273. The standard InChI is InChI=1S/C22H20F4N2O2S/c1-3-15-6-9-20(31-15)18(29)7-4-13-5-8-19(30-2)14(10-13)12-28-17(22(25)26)11-16(27-28)21(23)24/h4-11,21-22H,3,12H2,1-2H3/b7-4+. The molecule has 0 atom stereocenters. The van der Waals surface area contributed by atoms with Gasteiger partial charge in [-0.1, -0.05) is 19.1 Å². The summed E-state index contributed by atoms with van der Waals surface area (Å²) >= 11 is 1.43. The highest BCUT2D eigenvalue weighted by Crippen LogP contribution is 2.28. The molecule has 164 valence electrons. The third-order valence-corrected chi connectivity index (χ3v) is 5.83. The number of carbonyl (C=O) groups excluding carboxylic acids is 1. The van der Waals surface area contributed by atoms with E-state index in [4.69, 9.17) is 4.74 Å². The van der Waals surface area contributed by atoms with Crippen LogP contribution in [0.3, 0.4) is 0 Å². The lowest BCUT2D eigenvalue weighted by Crippen LogP contribution is -2.08. The van der Waals surface area contributed by atoms with Gasteiger partial charge >= 0.3 is 0 Å². The summed E-state index contributed by atoms with van der Waals surface area (Å²) in [6.45, 7) is 1.83. The van der Waals surface area contributed by atoms with Crippen molar-refractivity contribution in [3.8, 4) is 5.75 Å². The number of benzene rings is 1. The smallest absolute Gasteiger partial charge is 0.282 e. The Morgan fingerprint density at radius 2 is 1.94 bits per heavy atom. The first kappa shape index (κ1) is 22.7. The SMILES string of the molecule is CCc1ccc(C(=O)/C=C/c2ccc(OC)c(Cn3nc(C(F)F)cc3C(F)F)c2)s1. The first-order valence-electron chi connectivity index (χ1n) is 9.44. The second-order valence-electron chi connectivity index (χ2n) is 6.64. The number of allylic oxidation sites excluding steroid dienone is 1. The Morgan fingerprint density at radius 3 is 2.55 bits per heavy atom. The van der Waals surface area contributed by atoms with E-state index in [0.717, 1.165) is 16.0 Å². The van der Waals surface area contributed by atoms with E-state index in [1.807, 2.05) is 13.0 Å². The number of carbonyl (C=O) groups is 1. The maximum Gasteiger partial charge on any atom is 0.282 e. The number of hydrogen-bond acceptors (Lipinski definition) is 4. The number of thiophene rings is 1. The van der Waals surface area contributed by atoms with Crippen LogP contribution in [-0.2, 0) is 13.0 Å². The molecule has 0 amide bonds. The molecule has 1 aromatic carbocycles. The van der Waals surface area contributed by atoms with Crippen LogP contribution in [0.25, 0.3) is 6.08 Å². The third-order valence-electron chi connectivity index (χ3n) is 4.58. The van der Waals surface area contributed by atoms with Crippen molar-refractivity contribution in [1.29, 1.82) is 0 Å². The first-order valence-corrected chi connectivity index (χ1v) is 10.3. The Hall–Kier alpha value is -2.94. The Bertz CT molecular complexity index is 1090. The van der Waals surface area contributed by atoms with Gasteiger partial charge in [0.2, 0.25) is 0 Å². The number of ketones is 1. The lowest BCUT2D eigenvalue weighted by atomic mass is 10.1. The number of alkyl halides is 4. The molecule has 0 spiro atoms. The van der Waals surface area contributed by atoms with Gasteiger partial charge in [0.15, 0.2) is 5.78 Å². The topological polar surface area (TPSA) is 44.1 Å². The van der Waals surface area contributed by atoms with Crippen molar-refractivity contribution in [2.24, 2.45) is 0 Å². The van der Waals surface area contributed by atoms with Gasteiger partial charge in [-0.3, -0.25) is 9.48 Å². The molecule has 9 heteroatoms. The maximum atomic E-state index is 13.3. The van der Waals surface area contributed by atoms with Gasteiger partial charge in [-0.25, -0.2) is 17.6 Å². The molecule has 4 nitrogen and oxygen atoms in total. The van der Waals surface area contributed by atoms with Crippen LogP contribution in [0.15, 0.2) is 42.5 Å². The number of halogens is 4. The molecule has 0 fully saturated rings. The average molecular weight is 452 g/mol. The van der Waals surface area contributed by atoms with E-state index in [1.54, 1.807) is 30.3 Å². The monoisotopic (exact) mass is 452 g/mol. The Morgan fingerprint density at radius 1 is 1.16 bits per heavy atom. The summed E-state index contributed by atoms with van der Waals surface area (Å²) in [4.78, 5) is 14.1. The van der Waals surface area contributed by atoms with Gasteiger partial charge in [0, 0.05) is 10.4 Å². The minimum Gasteiger partial charge on any atom is -0.496 e. The van der Waals surface area contributed by atoms with E-state index in [2.05, 4.69) is 5.10 Å². The number of methoxy groups -OCH3 is 1. The molecule has 0 aliphatic heterocycles. The van der Waals surface area contributed by atoms with E-state index in [1.165, 1.54) is 24.5 Å². The molecular formula is C22H20F4N2O2S. The molecule has 3 rings (SSSR count).